The lowest BCUT2D eigenvalue weighted by molar-refractivity contribution is -0.142. The van der Waals surface area contributed by atoms with E-state index in [0.717, 1.165) is 5.56 Å². The Morgan fingerprint density at radius 2 is 1.88 bits per heavy atom. The molecule has 1 amide bonds. The van der Waals surface area contributed by atoms with E-state index in [1.165, 1.54) is 7.11 Å². The van der Waals surface area contributed by atoms with Crippen molar-refractivity contribution in [1.82, 2.24) is 0 Å². The van der Waals surface area contributed by atoms with E-state index in [1.54, 1.807) is 24.3 Å². The smallest absolute Gasteiger partial charge is 0.315 e. The molecule has 0 aromatic heterocycles. The van der Waals surface area contributed by atoms with Crippen molar-refractivity contribution in [2.45, 2.75) is 12.8 Å². The first kappa shape index (κ1) is 13.2. The van der Waals surface area contributed by atoms with Crippen molar-refractivity contribution >= 4 is 17.6 Å². The number of anilines is 1. The molecule has 0 spiro atoms. The van der Waals surface area contributed by atoms with E-state index in [0.29, 0.717) is 12.1 Å². The number of amides is 1. The van der Waals surface area contributed by atoms with Crippen molar-refractivity contribution in [3.63, 3.8) is 0 Å². The molecule has 1 radical (unpaired) electrons. The average molecular weight is 236 g/mol. The van der Waals surface area contributed by atoms with Crippen LogP contribution in [0.3, 0.4) is 0 Å². The summed E-state index contributed by atoms with van der Waals surface area (Å²) in [5.41, 5.74) is 1.51. The van der Waals surface area contributed by atoms with Crippen LogP contribution in [-0.2, 0) is 25.9 Å². The number of carbonyl (C=O) groups excluding carboxylic acids is 2. The van der Waals surface area contributed by atoms with Gasteiger partial charge < -0.3 is 10.1 Å². The molecule has 0 heterocycles. The second kappa shape index (κ2) is 6.65. The number of rotatable bonds is 5. The second-order valence-electron chi connectivity index (χ2n) is 3.45. The Hall–Kier alpha value is -1.88. The van der Waals surface area contributed by atoms with Crippen LogP contribution in [-0.4, -0.2) is 25.6 Å². The maximum absolute atomic E-state index is 11.3. The SMILES string of the molecule is COC(=O)CC(=O)Nc1ccc(CC[O])cc1. The zero-order valence-electron chi connectivity index (χ0n) is 9.56. The number of ether oxygens (including phenoxy) is 1. The molecule has 5 heteroatoms. The number of nitrogens with one attached hydrogen (secondary N) is 1. The summed E-state index contributed by atoms with van der Waals surface area (Å²) in [6, 6.07) is 6.93. The normalized spacial score (nSPS) is 9.76. The Bertz CT molecular complexity index is 386. The van der Waals surface area contributed by atoms with E-state index in [-0.39, 0.29) is 13.0 Å². The Kier molecular flexibility index (Phi) is 5.16. The highest BCUT2D eigenvalue weighted by molar-refractivity contribution is 6.01. The first-order valence-corrected chi connectivity index (χ1v) is 5.19. The Balaban J connectivity index is 2.51. The molecular formula is C12H14NO4. The zero-order valence-corrected chi connectivity index (χ0v) is 9.56. The highest BCUT2D eigenvalue weighted by atomic mass is 16.5. The van der Waals surface area contributed by atoms with Crippen LogP contribution >= 0.6 is 0 Å². The van der Waals surface area contributed by atoms with E-state index in [2.05, 4.69) is 10.1 Å². The van der Waals surface area contributed by atoms with Crippen LogP contribution in [0.1, 0.15) is 12.0 Å². The predicted molar refractivity (Wildman–Crippen MR) is 61.0 cm³/mol. The van der Waals surface area contributed by atoms with Gasteiger partial charge in [-0.05, 0) is 24.1 Å². The van der Waals surface area contributed by atoms with Crippen LogP contribution in [0, 0.1) is 0 Å². The minimum atomic E-state index is -0.578. The molecule has 17 heavy (non-hydrogen) atoms. The van der Waals surface area contributed by atoms with Crippen LogP contribution in [0.2, 0.25) is 0 Å². The lowest BCUT2D eigenvalue weighted by Gasteiger charge is -2.05. The molecule has 1 aromatic rings. The third-order valence-corrected chi connectivity index (χ3v) is 2.16. The monoisotopic (exact) mass is 236 g/mol. The van der Waals surface area contributed by atoms with Crippen molar-refractivity contribution in [3.05, 3.63) is 29.8 Å². The van der Waals surface area contributed by atoms with Crippen molar-refractivity contribution in [2.75, 3.05) is 19.0 Å². The molecule has 0 fully saturated rings. The minimum Gasteiger partial charge on any atom is -0.469 e. The van der Waals surface area contributed by atoms with Crippen LogP contribution < -0.4 is 5.32 Å². The number of hydrogen-bond acceptors (Lipinski definition) is 3. The lowest BCUT2D eigenvalue weighted by atomic mass is 10.1. The summed E-state index contributed by atoms with van der Waals surface area (Å²) in [6.07, 6.45) is 0.162. The Labute approximate surface area is 99.4 Å². The molecule has 0 bridgehead atoms. The largest absolute Gasteiger partial charge is 0.469 e. The molecule has 0 aliphatic rings. The summed E-state index contributed by atoms with van der Waals surface area (Å²) in [5.74, 6) is -1.00. The number of esters is 1. The van der Waals surface area contributed by atoms with Crippen molar-refractivity contribution < 1.29 is 19.4 Å². The quantitative estimate of drug-likeness (QED) is 0.615. The first-order chi connectivity index (χ1) is 8.15. The topological polar surface area (TPSA) is 75.3 Å². The third-order valence-electron chi connectivity index (χ3n) is 2.16. The standard InChI is InChI=1S/C12H14NO4/c1-17-12(16)8-11(15)13-10-4-2-9(3-5-10)6-7-14/h2-5H,6-8H2,1H3,(H,13,15). The van der Waals surface area contributed by atoms with Crippen molar-refractivity contribution in [3.8, 4) is 0 Å². The summed E-state index contributed by atoms with van der Waals surface area (Å²) < 4.78 is 4.38. The van der Waals surface area contributed by atoms with E-state index in [1.807, 2.05) is 0 Å². The van der Waals surface area contributed by atoms with Gasteiger partial charge in [-0.1, -0.05) is 12.1 Å². The van der Waals surface area contributed by atoms with Gasteiger partial charge >= 0.3 is 5.97 Å². The van der Waals surface area contributed by atoms with Gasteiger partial charge in [-0.2, -0.15) is 0 Å². The van der Waals surface area contributed by atoms with Crippen LogP contribution in [0.25, 0.3) is 0 Å². The molecule has 0 saturated carbocycles. The molecule has 1 rings (SSSR count). The van der Waals surface area contributed by atoms with Gasteiger partial charge in [0.2, 0.25) is 5.91 Å². The zero-order chi connectivity index (χ0) is 12.7. The van der Waals surface area contributed by atoms with Crippen molar-refractivity contribution in [1.29, 1.82) is 0 Å². The summed E-state index contributed by atoms with van der Waals surface area (Å²) >= 11 is 0. The lowest BCUT2D eigenvalue weighted by Crippen LogP contribution is -2.17. The van der Waals surface area contributed by atoms with Gasteiger partial charge in [0.05, 0.1) is 13.7 Å². The molecule has 1 aromatic carbocycles. The fourth-order valence-corrected chi connectivity index (χ4v) is 1.28. The van der Waals surface area contributed by atoms with Gasteiger partial charge in [-0.25, -0.2) is 5.11 Å². The van der Waals surface area contributed by atoms with Gasteiger partial charge in [0, 0.05) is 5.69 Å². The number of carbonyl (C=O) groups is 2. The molecule has 0 aliphatic heterocycles. The van der Waals surface area contributed by atoms with E-state index >= 15 is 0 Å². The van der Waals surface area contributed by atoms with Gasteiger partial charge in [0.15, 0.2) is 0 Å². The molecular weight excluding hydrogens is 222 g/mol. The van der Waals surface area contributed by atoms with E-state index in [4.69, 9.17) is 0 Å². The summed E-state index contributed by atoms with van der Waals surface area (Å²) in [5, 5.41) is 13.0. The van der Waals surface area contributed by atoms with Crippen LogP contribution in [0.15, 0.2) is 24.3 Å². The van der Waals surface area contributed by atoms with Crippen molar-refractivity contribution in [2.24, 2.45) is 0 Å². The fourth-order valence-electron chi connectivity index (χ4n) is 1.28. The third kappa shape index (κ3) is 4.65. The van der Waals surface area contributed by atoms with E-state index < -0.39 is 11.9 Å². The van der Waals surface area contributed by atoms with Gasteiger partial charge in [-0.15, -0.1) is 0 Å². The maximum atomic E-state index is 11.3. The van der Waals surface area contributed by atoms with Crippen LogP contribution in [0.5, 0.6) is 0 Å². The van der Waals surface area contributed by atoms with E-state index in [9.17, 15) is 14.7 Å². The summed E-state index contributed by atoms with van der Waals surface area (Å²) in [4.78, 5) is 22.2. The van der Waals surface area contributed by atoms with Crippen LogP contribution in [0.4, 0.5) is 5.69 Å². The molecule has 0 aliphatic carbocycles. The highest BCUT2D eigenvalue weighted by Gasteiger charge is 2.09. The molecule has 5 nitrogen and oxygen atoms in total. The Morgan fingerprint density at radius 3 is 2.41 bits per heavy atom. The summed E-state index contributed by atoms with van der Waals surface area (Å²) in [6.45, 7) is -0.159. The molecule has 0 unspecified atom stereocenters. The number of benzene rings is 1. The minimum absolute atomic E-state index is 0.159. The van der Waals surface area contributed by atoms with Gasteiger partial charge in [0.1, 0.15) is 6.42 Å². The summed E-state index contributed by atoms with van der Waals surface area (Å²) in [7, 11) is 1.23. The molecule has 0 atom stereocenters. The number of hydrogen-bond donors (Lipinski definition) is 1. The molecule has 91 valence electrons. The predicted octanol–water partition coefficient (Wildman–Crippen LogP) is 1.16. The second-order valence-corrected chi connectivity index (χ2v) is 3.45. The van der Waals surface area contributed by atoms with Gasteiger partial charge in [0.25, 0.3) is 0 Å². The fraction of sp³-hybridized carbons (Fsp3) is 0.333. The maximum Gasteiger partial charge on any atom is 0.315 e. The highest BCUT2D eigenvalue weighted by Crippen LogP contribution is 2.10. The van der Waals surface area contributed by atoms with Gasteiger partial charge in [-0.3, -0.25) is 9.59 Å². The first-order valence-electron chi connectivity index (χ1n) is 5.19. The molecule has 1 N–H and O–H groups in total. The molecule has 0 saturated heterocycles. The number of methoxy groups -OCH3 is 1. The Morgan fingerprint density at radius 1 is 1.24 bits per heavy atom. The average Bonchev–Trinajstić information content (AvgIpc) is 2.31.